The van der Waals surface area contributed by atoms with Gasteiger partial charge in [0.25, 0.3) is 0 Å². The Kier molecular flexibility index (Phi) is 3.12. The van der Waals surface area contributed by atoms with E-state index in [-0.39, 0.29) is 3.57 Å². The third-order valence-corrected chi connectivity index (χ3v) is 2.96. The van der Waals surface area contributed by atoms with Crippen LogP contribution in [0.25, 0.3) is 0 Å². The van der Waals surface area contributed by atoms with Crippen LogP contribution in [0.2, 0.25) is 0 Å². The zero-order valence-electron chi connectivity index (χ0n) is 5.70. The highest BCUT2D eigenvalue weighted by molar-refractivity contribution is 14.1. The van der Waals surface area contributed by atoms with Crippen molar-refractivity contribution in [1.82, 2.24) is 0 Å². The fraction of sp³-hybridized carbons (Fsp3) is 0.143. The normalized spacial score (nSPS) is 10.2. The van der Waals surface area contributed by atoms with Gasteiger partial charge in [0.15, 0.2) is 5.82 Å². The van der Waals surface area contributed by atoms with Crippen LogP contribution in [0.4, 0.5) is 8.78 Å². The molecule has 0 nitrogen and oxygen atoms in total. The number of benzene rings is 1. The van der Waals surface area contributed by atoms with Gasteiger partial charge in [0, 0.05) is 4.90 Å². The molecule has 0 fully saturated rings. The van der Waals surface area contributed by atoms with E-state index in [0.717, 1.165) is 0 Å². The van der Waals surface area contributed by atoms with Gasteiger partial charge in [-0.3, -0.25) is 0 Å². The molecule has 1 aromatic carbocycles. The quantitative estimate of drug-likeness (QED) is 0.433. The van der Waals surface area contributed by atoms with Crippen molar-refractivity contribution in [3.8, 4) is 0 Å². The lowest BCUT2D eigenvalue weighted by atomic mass is 10.3. The van der Waals surface area contributed by atoms with Gasteiger partial charge in [-0.05, 0) is 41.0 Å². The second-order valence-corrected chi connectivity index (χ2v) is 3.80. The van der Waals surface area contributed by atoms with Crippen LogP contribution in [0.15, 0.2) is 17.0 Å². The number of rotatable bonds is 1. The van der Waals surface area contributed by atoms with E-state index in [1.165, 1.54) is 23.9 Å². The molecule has 0 spiro atoms. The summed E-state index contributed by atoms with van der Waals surface area (Å²) >= 11 is 2.93. The highest BCUT2D eigenvalue weighted by Gasteiger charge is 2.09. The minimum atomic E-state index is -0.499. The van der Waals surface area contributed by atoms with Gasteiger partial charge in [0.1, 0.15) is 5.82 Å². The average molecular weight is 286 g/mol. The molecule has 0 aliphatic heterocycles. The maximum absolute atomic E-state index is 13.0. The van der Waals surface area contributed by atoms with Gasteiger partial charge in [-0.1, -0.05) is 0 Å². The van der Waals surface area contributed by atoms with Crippen molar-refractivity contribution in [3.63, 3.8) is 0 Å². The summed E-state index contributed by atoms with van der Waals surface area (Å²) in [5, 5.41) is 0. The SMILES string of the molecule is CSc1ccc(F)c(I)c1F. The van der Waals surface area contributed by atoms with E-state index < -0.39 is 11.6 Å². The first-order chi connectivity index (χ1) is 5.16. The number of halogens is 3. The molecule has 4 heteroatoms. The van der Waals surface area contributed by atoms with Crippen molar-refractivity contribution < 1.29 is 8.78 Å². The molecule has 0 radical (unpaired) electrons. The van der Waals surface area contributed by atoms with Crippen LogP contribution in [-0.2, 0) is 0 Å². The Morgan fingerprint density at radius 1 is 1.36 bits per heavy atom. The minimum absolute atomic E-state index is 0.0643. The maximum atomic E-state index is 13.0. The lowest BCUT2D eigenvalue weighted by Gasteiger charge is -2.00. The van der Waals surface area contributed by atoms with Crippen molar-refractivity contribution >= 4 is 34.4 Å². The Bertz CT molecular complexity index is 275. The Hall–Kier alpha value is 0.160. The van der Waals surface area contributed by atoms with E-state index in [1.807, 2.05) is 0 Å². The van der Waals surface area contributed by atoms with Crippen molar-refractivity contribution in [3.05, 3.63) is 27.3 Å². The van der Waals surface area contributed by atoms with Crippen LogP contribution in [0.1, 0.15) is 0 Å². The van der Waals surface area contributed by atoms with Crippen molar-refractivity contribution in [2.24, 2.45) is 0 Å². The number of thioether (sulfide) groups is 1. The third-order valence-electron chi connectivity index (χ3n) is 1.22. The summed E-state index contributed by atoms with van der Waals surface area (Å²) in [6, 6.07) is 2.72. The summed E-state index contributed by atoms with van der Waals surface area (Å²) in [4.78, 5) is 0.482. The van der Waals surface area contributed by atoms with Crippen molar-refractivity contribution in [2.45, 2.75) is 4.90 Å². The van der Waals surface area contributed by atoms with Crippen LogP contribution in [0.5, 0.6) is 0 Å². The van der Waals surface area contributed by atoms with Gasteiger partial charge in [0.05, 0.1) is 3.57 Å². The van der Waals surface area contributed by atoms with E-state index in [1.54, 1.807) is 28.8 Å². The Morgan fingerprint density at radius 2 is 2.00 bits per heavy atom. The molecule has 0 aromatic heterocycles. The molecule has 0 saturated heterocycles. The summed E-state index contributed by atoms with van der Waals surface area (Å²) in [5.41, 5.74) is 0. The molecule has 0 atom stereocenters. The molecule has 0 amide bonds. The highest BCUT2D eigenvalue weighted by Crippen LogP contribution is 2.24. The topological polar surface area (TPSA) is 0 Å². The first-order valence-corrected chi connectivity index (χ1v) is 5.14. The van der Waals surface area contributed by atoms with Gasteiger partial charge in [-0.2, -0.15) is 0 Å². The Labute approximate surface area is 81.5 Å². The fourth-order valence-corrected chi connectivity index (χ4v) is 1.80. The average Bonchev–Trinajstić information content (AvgIpc) is 2.01. The molecule has 0 N–H and O–H groups in total. The van der Waals surface area contributed by atoms with E-state index in [2.05, 4.69) is 0 Å². The van der Waals surface area contributed by atoms with E-state index in [4.69, 9.17) is 0 Å². The molecule has 0 aliphatic rings. The third kappa shape index (κ3) is 1.84. The monoisotopic (exact) mass is 286 g/mol. The summed E-state index contributed by atoms with van der Waals surface area (Å²) in [5.74, 6) is -0.959. The first kappa shape index (κ1) is 9.25. The molecule has 0 heterocycles. The van der Waals surface area contributed by atoms with Gasteiger partial charge < -0.3 is 0 Å². The maximum Gasteiger partial charge on any atom is 0.153 e. The van der Waals surface area contributed by atoms with Gasteiger partial charge in [-0.25, -0.2) is 8.78 Å². The standard InChI is InChI=1S/C7H5F2IS/c1-11-5-3-2-4(8)7(10)6(5)9/h2-3H,1H3. The van der Waals surface area contributed by atoms with Gasteiger partial charge in [0.2, 0.25) is 0 Å². The summed E-state index contributed by atoms with van der Waals surface area (Å²) < 4.78 is 25.7. The van der Waals surface area contributed by atoms with Gasteiger partial charge >= 0.3 is 0 Å². The second-order valence-electron chi connectivity index (χ2n) is 1.88. The Balaban J connectivity index is 3.25. The predicted molar refractivity (Wildman–Crippen MR) is 50.9 cm³/mol. The summed E-state index contributed by atoms with van der Waals surface area (Å²) in [6.07, 6.45) is 1.76. The van der Waals surface area contributed by atoms with E-state index >= 15 is 0 Å². The van der Waals surface area contributed by atoms with Crippen LogP contribution in [0, 0.1) is 15.2 Å². The highest BCUT2D eigenvalue weighted by atomic mass is 127. The van der Waals surface area contributed by atoms with Gasteiger partial charge in [-0.15, -0.1) is 11.8 Å². The molecule has 0 saturated carbocycles. The number of hydrogen-bond acceptors (Lipinski definition) is 1. The summed E-state index contributed by atoms with van der Waals surface area (Å²) in [6.45, 7) is 0. The van der Waals surface area contributed by atoms with E-state index in [0.29, 0.717) is 4.90 Å². The smallest absolute Gasteiger partial charge is 0.153 e. The second kappa shape index (κ2) is 3.71. The molecular formula is C7H5F2IS. The van der Waals surface area contributed by atoms with Crippen molar-refractivity contribution in [2.75, 3.05) is 6.26 Å². The molecule has 0 unspecified atom stereocenters. The molecule has 0 bridgehead atoms. The minimum Gasteiger partial charge on any atom is -0.206 e. The zero-order valence-corrected chi connectivity index (χ0v) is 8.67. The molecule has 11 heavy (non-hydrogen) atoms. The van der Waals surface area contributed by atoms with Crippen LogP contribution < -0.4 is 0 Å². The fourth-order valence-electron chi connectivity index (χ4n) is 0.666. The first-order valence-electron chi connectivity index (χ1n) is 2.84. The molecular weight excluding hydrogens is 281 g/mol. The zero-order chi connectivity index (χ0) is 8.43. The molecule has 0 aliphatic carbocycles. The molecule has 60 valence electrons. The number of hydrogen-bond donors (Lipinski definition) is 0. The van der Waals surface area contributed by atoms with Crippen LogP contribution in [0.3, 0.4) is 0 Å². The van der Waals surface area contributed by atoms with E-state index in [9.17, 15) is 8.78 Å². The summed E-state index contributed by atoms with van der Waals surface area (Å²) in [7, 11) is 0. The molecule has 1 aromatic rings. The lowest BCUT2D eigenvalue weighted by molar-refractivity contribution is 0.553. The Morgan fingerprint density at radius 3 is 2.55 bits per heavy atom. The van der Waals surface area contributed by atoms with Crippen LogP contribution >= 0.6 is 34.4 Å². The van der Waals surface area contributed by atoms with Crippen molar-refractivity contribution in [1.29, 1.82) is 0 Å². The largest absolute Gasteiger partial charge is 0.206 e. The lowest BCUT2D eigenvalue weighted by Crippen LogP contribution is -1.89. The predicted octanol–water partition coefficient (Wildman–Crippen LogP) is 3.29. The molecule has 1 rings (SSSR count). The van der Waals surface area contributed by atoms with Crippen LogP contribution in [-0.4, -0.2) is 6.26 Å².